The summed E-state index contributed by atoms with van der Waals surface area (Å²) >= 11 is 3.46. The number of likely N-dealkylation sites (tertiary alicyclic amines) is 1. The fourth-order valence-electron chi connectivity index (χ4n) is 3.24. The van der Waals surface area contributed by atoms with Crippen molar-refractivity contribution in [3.05, 3.63) is 44.8 Å². The molecule has 1 amide bonds. The van der Waals surface area contributed by atoms with Gasteiger partial charge in [-0.1, -0.05) is 15.9 Å². The summed E-state index contributed by atoms with van der Waals surface area (Å²) in [6.07, 6.45) is 2.34. The highest BCUT2D eigenvalue weighted by molar-refractivity contribution is 9.10. The third-order valence-corrected chi connectivity index (χ3v) is 4.91. The van der Waals surface area contributed by atoms with Gasteiger partial charge >= 0.3 is 6.09 Å². The first-order valence-electron chi connectivity index (χ1n) is 8.44. The number of halogens is 1. The zero-order chi connectivity index (χ0) is 18.4. The zero-order valence-corrected chi connectivity index (χ0v) is 16.6. The van der Waals surface area contributed by atoms with Crippen molar-refractivity contribution in [1.29, 1.82) is 0 Å². The van der Waals surface area contributed by atoms with Gasteiger partial charge in [0.1, 0.15) is 5.60 Å². The van der Waals surface area contributed by atoms with E-state index in [1.54, 1.807) is 9.47 Å². The number of pyridine rings is 1. The summed E-state index contributed by atoms with van der Waals surface area (Å²) in [6.45, 7) is 8.67. The molecule has 25 heavy (non-hydrogen) atoms. The minimum atomic E-state index is -0.515. The first-order valence-corrected chi connectivity index (χ1v) is 9.24. The predicted molar refractivity (Wildman–Crippen MR) is 102 cm³/mol. The van der Waals surface area contributed by atoms with Crippen LogP contribution in [0.1, 0.15) is 38.8 Å². The van der Waals surface area contributed by atoms with Crippen LogP contribution < -0.4 is 5.56 Å². The number of fused-ring (bicyclic) bond motifs is 1. The Bertz CT molecular complexity index is 883. The van der Waals surface area contributed by atoms with Gasteiger partial charge in [-0.05, 0) is 63.3 Å². The number of benzene rings is 1. The Morgan fingerprint density at radius 3 is 2.68 bits per heavy atom. The van der Waals surface area contributed by atoms with Gasteiger partial charge in [-0.3, -0.25) is 4.79 Å². The smallest absolute Gasteiger partial charge is 0.410 e. The van der Waals surface area contributed by atoms with E-state index in [1.165, 1.54) is 0 Å². The van der Waals surface area contributed by atoms with E-state index in [0.717, 1.165) is 21.8 Å². The molecule has 0 bridgehead atoms. The van der Waals surface area contributed by atoms with Gasteiger partial charge in [-0.15, -0.1) is 0 Å². The van der Waals surface area contributed by atoms with Crippen LogP contribution in [0.2, 0.25) is 0 Å². The monoisotopic (exact) mass is 406 g/mol. The molecule has 0 N–H and O–H groups in total. The minimum absolute atomic E-state index is 0.0101. The Morgan fingerprint density at radius 2 is 2.00 bits per heavy atom. The Labute approximate surface area is 155 Å². The second-order valence-corrected chi connectivity index (χ2v) is 8.50. The summed E-state index contributed by atoms with van der Waals surface area (Å²) in [5.41, 5.74) is 0.523. The van der Waals surface area contributed by atoms with Crippen molar-refractivity contribution in [2.24, 2.45) is 0 Å². The van der Waals surface area contributed by atoms with E-state index in [9.17, 15) is 9.59 Å². The lowest BCUT2D eigenvalue weighted by molar-refractivity contribution is 0.0289. The molecule has 1 saturated heterocycles. The maximum atomic E-state index is 12.9. The summed E-state index contributed by atoms with van der Waals surface area (Å²) in [4.78, 5) is 26.8. The highest BCUT2D eigenvalue weighted by Crippen LogP contribution is 2.26. The lowest BCUT2D eigenvalue weighted by Gasteiger charge is -2.24. The molecule has 2 aromatic rings. The van der Waals surface area contributed by atoms with Gasteiger partial charge < -0.3 is 14.2 Å². The van der Waals surface area contributed by atoms with Crippen LogP contribution in [0.15, 0.2) is 33.7 Å². The number of rotatable bonds is 1. The Kier molecular flexibility index (Phi) is 4.66. The summed E-state index contributed by atoms with van der Waals surface area (Å²) in [7, 11) is 0. The van der Waals surface area contributed by atoms with Crippen LogP contribution in [0.25, 0.3) is 10.8 Å². The highest BCUT2D eigenvalue weighted by Gasteiger charge is 2.31. The van der Waals surface area contributed by atoms with Crippen molar-refractivity contribution < 1.29 is 9.53 Å². The van der Waals surface area contributed by atoms with E-state index >= 15 is 0 Å². The second kappa shape index (κ2) is 6.48. The SMILES string of the molecule is Cc1cn(C2CCN(C(=O)OC(C)(C)C)C2)c(=O)c2ccc(Br)cc12. The average Bonchev–Trinajstić information content (AvgIpc) is 2.99. The van der Waals surface area contributed by atoms with Gasteiger partial charge in [0.15, 0.2) is 0 Å². The second-order valence-electron chi connectivity index (χ2n) is 7.58. The van der Waals surface area contributed by atoms with E-state index in [-0.39, 0.29) is 17.7 Å². The van der Waals surface area contributed by atoms with E-state index in [0.29, 0.717) is 18.5 Å². The largest absolute Gasteiger partial charge is 0.444 e. The number of aryl methyl sites for hydroxylation is 1. The molecule has 1 aliphatic heterocycles. The van der Waals surface area contributed by atoms with Crippen molar-refractivity contribution in [2.75, 3.05) is 13.1 Å². The molecule has 0 spiro atoms. The van der Waals surface area contributed by atoms with Gasteiger partial charge in [0.2, 0.25) is 0 Å². The first-order chi connectivity index (χ1) is 11.7. The van der Waals surface area contributed by atoms with Crippen LogP contribution in [-0.2, 0) is 4.74 Å². The Balaban J connectivity index is 1.89. The fraction of sp³-hybridized carbons (Fsp3) is 0.474. The lowest BCUT2D eigenvalue weighted by Crippen LogP contribution is -2.36. The van der Waals surface area contributed by atoms with E-state index in [1.807, 2.05) is 52.1 Å². The van der Waals surface area contributed by atoms with Gasteiger partial charge in [-0.2, -0.15) is 0 Å². The molecule has 5 nitrogen and oxygen atoms in total. The molecule has 1 fully saturated rings. The molecule has 1 aromatic heterocycles. The molecule has 1 aromatic carbocycles. The standard InChI is InChI=1S/C19H23BrN2O3/c1-12-10-22(17(23)15-6-5-13(20)9-16(12)15)14-7-8-21(11-14)18(24)25-19(2,3)4/h5-6,9-10,14H,7-8,11H2,1-4H3. The van der Waals surface area contributed by atoms with Crippen molar-refractivity contribution in [3.8, 4) is 0 Å². The molecule has 1 unspecified atom stereocenters. The summed E-state index contributed by atoms with van der Waals surface area (Å²) in [6, 6.07) is 5.69. The van der Waals surface area contributed by atoms with Gasteiger partial charge in [0.05, 0.1) is 6.04 Å². The first kappa shape index (κ1) is 18.0. The molecule has 0 saturated carbocycles. The number of hydrogen-bond donors (Lipinski definition) is 0. The normalized spacial score (nSPS) is 18.0. The Morgan fingerprint density at radius 1 is 1.28 bits per heavy atom. The van der Waals surface area contributed by atoms with Crippen LogP contribution in [0, 0.1) is 6.92 Å². The Hall–Kier alpha value is -1.82. The van der Waals surface area contributed by atoms with Crippen molar-refractivity contribution in [1.82, 2.24) is 9.47 Å². The molecular formula is C19H23BrN2O3. The number of aromatic nitrogens is 1. The van der Waals surface area contributed by atoms with Crippen molar-refractivity contribution in [3.63, 3.8) is 0 Å². The number of hydrogen-bond acceptors (Lipinski definition) is 3. The van der Waals surface area contributed by atoms with Gasteiger partial charge in [-0.25, -0.2) is 4.79 Å². The number of carbonyl (C=O) groups is 1. The minimum Gasteiger partial charge on any atom is -0.444 e. The maximum Gasteiger partial charge on any atom is 0.410 e. The van der Waals surface area contributed by atoms with Crippen LogP contribution in [0.3, 0.4) is 0 Å². The van der Waals surface area contributed by atoms with E-state index in [4.69, 9.17) is 4.74 Å². The quantitative estimate of drug-likeness (QED) is 0.710. The molecule has 0 aliphatic carbocycles. The number of nitrogens with zero attached hydrogens (tertiary/aromatic N) is 2. The van der Waals surface area contributed by atoms with Gasteiger partial charge in [0, 0.05) is 29.1 Å². The molecule has 2 heterocycles. The molecule has 6 heteroatoms. The molecule has 0 radical (unpaired) electrons. The van der Waals surface area contributed by atoms with E-state index < -0.39 is 5.60 Å². The van der Waals surface area contributed by atoms with Crippen LogP contribution in [0.4, 0.5) is 4.79 Å². The van der Waals surface area contributed by atoms with Gasteiger partial charge in [0.25, 0.3) is 5.56 Å². The van der Waals surface area contributed by atoms with Crippen LogP contribution in [0.5, 0.6) is 0 Å². The van der Waals surface area contributed by atoms with Crippen LogP contribution in [-0.4, -0.2) is 34.3 Å². The number of ether oxygens (including phenoxy) is 1. The molecule has 134 valence electrons. The summed E-state index contributed by atoms with van der Waals surface area (Å²) in [5, 5.41) is 1.66. The maximum absolute atomic E-state index is 12.9. The fourth-order valence-corrected chi connectivity index (χ4v) is 3.60. The molecule has 3 rings (SSSR count). The van der Waals surface area contributed by atoms with Crippen LogP contribution >= 0.6 is 15.9 Å². The lowest BCUT2D eigenvalue weighted by atomic mass is 10.1. The molecule has 1 aliphatic rings. The number of amides is 1. The summed E-state index contributed by atoms with van der Waals surface area (Å²) < 4.78 is 8.17. The highest BCUT2D eigenvalue weighted by atomic mass is 79.9. The average molecular weight is 407 g/mol. The van der Waals surface area contributed by atoms with E-state index in [2.05, 4.69) is 15.9 Å². The zero-order valence-electron chi connectivity index (χ0n) is 15.0. The third kappa shape index (κ3) is 3.73. The topological polar surface area (TPSA) is 51.5 Å². The number of carbonyl (C=O) groups excluding carboxylic acids is 1. The van der Waals surface area contributed by atoms with Crippen molar-refractivity contribution >= 4 is 32.8 Å². The molecule has 1 atom stereocenters. The molecular weight excluding hydrogens is 384 g/mol. The predicted octanol–water partition coefficient (Wildman–Crippen LogP) is 4.25. The summed E-state index contributed by atoms with van der Waals surface area (Å²) in [5.74, 6) is 0. The third-order valence-electron chi connectivity index (χ3n) is 4.41. The van der Waals surface area contributed by atoms with Crippen molar-refractivity contribution in [2.45, 2.75) is 45.8 Å².